The average molecular weight is 439 g/mol. The van der Waals surface area contributed by atoms with Gasteiger partial charge in [-0.25, -0.2) is 15.0 Å². The highest BCUT2D eigenvalue weighted by Crippen LogP contribution is 2.26. The molecule has 0 N–H and O–H groups in total. The van der Waals surface area contributed by atoms with Gasteiger partial charge in [-0.15, -0.1) is 0 Å². The smallest absolute Gasteiger partial charge is 0.257 e. The summed E-state index contributed by atoms with van der Waals surface area (Å²) < 4.78 is 2.08. The molecule has 8 nitrogen and oxygen atoms in total. The summed E-state index contributed by atoms with van der Waals surface area (Å²) in [5, 5.41) is 0. The van der Waals surface area contributed by atoms with Crippen LogP contribution >= 0.6 is 0 Å². The Morgan fingerprint density at radius 3 is 2.53 bits per heavy atom. The lowest BCUT2D eigenvalue weighted by Crippen LogP contribution is -2.39. The molecule has 4 heterocycles. The number of rotatable bonds is 6. The van der Waals surface area contributed by atoms with Gasteiger partial charge in [-0.3, -0.25) is 9.59 Å². The highest BCUT2D eigenvalue weighted by atomic mass is 16.2. The van der Waals surface area contributed by atoms with Crippen molar-refractivity contribution < 1.29 is 9.59 Å². The van der Waals surface area contributed by atoms with E-state index in [4.69, 9.17) is 4.98 Å². The van der Waals surface area contributed by atoms with E-state index in [1.54, 1.807) is 12.4 Å². The number of aryl methyl sites for hydroxylation is 3. The van der Waals surface area contributed by atoms with Crippen molar-refractivity contribution in [3.63, 3.8) is 0 Å². The maximum absolute atomic E-state index is 12.8. The molecule has 0 radical (unpaired) electrons. The van der Waals surface area contributed by atoms with Crippen molar-refractivity contribution >= 4 is 11.8 Å². The molecule has 2 saturated heterocycles. The normalized spacial score (nSPS) is 19.2. The number of amides is 2. The number of aromatic nitrogens is 4. The van der Waals surface area contributed by atoms with Gasteiger partial charge in [-0.05, 0) is 52.4 Å². The predicted molar refractivity (Wildman–Crippen MR) is 121 cm³/mol. The van der Waals surface area contributed by atoms with E-state index in [2.05, 4.69) is 14.5 Å². The summed E-state index contributed by atoms with van der Waals surface area (Å²) >= 11 is 0. The zero-order chi connectivity index (χ0) is 22.5. The minimum absolute atomic E-state index is 0.0438. The second-order valence-corrected chi connectivity index (χ2v) is 9.03. The monoisotopic (exact) mass is 438 g/mol. The predicted octanol–water partition coefficient (Wildman–Crippen LogP) is 3.10. The molecule has 2 amide bonds. The zero-order valence-corrected chi connectivity index (χ0v) is 19.3. The SMILES string of the molecule is Cc1nc([C@@H]2CCCN(C(=O)CCCn3ccnc3C)C2)ncc1C(=O)N1CCCCC1. The molecule has 0 saturated carbocycles. The van der Waals surface area contributed by atoms with Crippen molar-refractivity contribution in [2.24, 2.45) is 0 Å². The molecule has 0 bridgehead atoms. The van der Waals surface area contributed by atoms with E-state index < -0.39 is 0 Å². The summed E-state index contributed by atoms with van der Waals surface area (Å²) in [7, 11) is 0. The van der Waals surface area contributed by atoms with Crippen LogP contribution in [0.5, 0.6) is 0 Å². The van der Waals surface area contributed by atoms with Crippen LogP contribution in [0.25, 0.3) is 0 Å². The number of hydrogen-bond donors (Lipinski definition) is 0. The lowest BCUT2D eigenvalue weighted by Gasteiger charge is -2.32. The lowest BCUT2D eigenvalue weighted by molar-refractivity contribution is -0.132. The maximum Gasteiger partial charge on any atom is 0.257 e. The lowest BCUT2D eigenvalue weighted by atomic mass is 9.96. The first-order valence-corrected chi connectivity index (χ1v) is 11.9. The minimum atomic E-state index is 0.0438. The summed E-state index contributed by atoms with van der Waals surface area (Å²) in [6, 6.07) is 0. The standard InChI is InChI=1S/C24H34N6O2/c1-18-21(24(32)29-11-4-3-5-12-29)16-26-23(27-18)20-8-6-14-30(17-20)22(31)9-7-13-28-15-10-25-19(28)2/h10,15-16,20H,3-9,11-14,17H2,1-2H3/t20-/m1/s1. The summed E-state index contributed by atoms with van der Waals surface area (Å²) in [6.07, 6.45) is 12.0. The Labute approximate surface area is 190 Å². The van der Waals surface area contributed by atoms with Gasteiger partial charge in [-0.2, -0.15) is 0 Å². The van der Waals surface area contributed by atoms with Gasteiger partial charge in [-0.1, -0.05) is 0 Å². The van der Waals surface area contributed by atoms with E-state index in [9.17, 15) is 9.59 Å². The van der Waals surface area contributed by atoms with Gasteiger partial charge in [0.15, 0.2) is 0 Å². The summed E-state index contributed by atoms with van der Waals surface area (Å²) in [5.41, 5.74) is 1.35. The first kappa shape index (κ1) is 22.4. The van der Waals surface area contributed by atoms with Crippen molar-refractivity contribution in [3.05, 3.63) is 41.5 Å². The third-order valence-corrected chi connectivity index (χ3v) is 6.72. The molecule has 2 aliphatic heterocycles. The van der Waals surface area contributed by atoms with Crippen LogP contribution in [0.3, 0.4) is 0 Å². The fourth-order valence-corrected chi connectivity index (χ4v) is 4.77. The van der Waals surface area contributed by atoms with E-state index in [1.165, 1.54) is 6.42 Å². The largest absolute Gasteiger partial charge is 0.342 e. The third kappa shape index (κ3) is 5.16. The summed E-state index contributed by atoms with van der Waals surface area (Å²) in [4.78, 5) is 43.0. The molecule has 2 aromatic rings. The number of piperidine rings is 2. The molecule has 2 aromatic heterocycles. The van der Waals surface area contributed by atoms with Crippen LogP contribution in [0.4, 0.5) is 0 Å². The van der Waals surface area contributed by atoms with Gasteiger partial charge in [0.2, 0.25) is 5.91 Å². The zero-order valence-electron chi connectivity index (χ0n) is 19.3. The molecule has 4 rings (SSSR count). The van der Waals surface area contributed by atoms with Crippen molar-refractivity contribution in [1.29, 1.82) is 0 Å². The molecule has 0 unspecified atom stereocenters. The third-order valence-electron chi connectivity index (χ3n) is 6.72. The van der Waals surface area contributed by atoms with E-state index in [0.717, 1.165) is 75.6 Å². The van der Waals surface area contributed by atoms with Gasteiger partial charge in [0, 0.05) is 63.7 Å². The molecule has 0 aromatic carbocycles. The van der Waals surface area contributed by atoms with Crippen molar-refractivity contribution in [3.8, 4) is 0 Å². The number of nitrogens with zero attached hydrogens (tertiary/aromatic N) is 6. The average Bonchev–Trinajstić information content (AvgIpc) is 3.23. The van der Waals surface area contributed by atoms with Gasteiger partial charge >= 0.3 is 0 Å². The van der Waals surface area contributed by atoms with Gasteiger partial charge in [0.05, 0.1) is 11.3 Å². The van der Waals surface area contributed by atoms with Crippen LogP contribution in [0.15, 0.2) is 18.6 Å². The van der Waals surface area contributed by atoms with Gasteiger partial charge in [0.1, 0.15) is 11.6 Å². The summed E-state index contributed by atoms with van der Waals surface area (Å²) in [6.45, 7) is 7.77. The second-order valence-electron chi connectivity index (χ2n) is 9.03. The molecular weight excluding hydrogens is 404 g/mol. The number of carbonyl (C=O) groups is 2. The first-order valence-electron chi connectivity index (χ1n) is 11.9. The quantitative estimate of drug-likeness (QED) is 0.692. The Balaban J connectivity index is 1.34. The van der Waals surface area contributed by atoms with E-state index in [0.29, 0.717) is 18.5 Å². The van der Waals surface area contributed by atoms with Crippen LogP contribution in [0.1, 0.15) is 78.6 Å². The number of likely N-dealkylation sites (tertiary alicyclic amines) is 2. The van der Waals surface area contributed by atoms with Crippen molar-refractivity contribution in [1.82, 2.24) is 29.3 Å². The fourth-order valence-electron chi connectivity index (χ4n) is 4.77. The highest BCUT2D eigenvalue weighted by molar-refractivity contribution is 5.95. The second kappa shape index (κ2) is 10.2. The Morgan fingerprint density at radius 1 is 1.03 bits per heavy atom. The van der Waals surface area contributed by atoms with Gasteiger partial charge < -0.3 is 14.4 Å². The molecule has 8 heteroatoms. The number of carbonyl (C=O) groups excluding carboxylic acids is 2. The molecular formula is C24H34N6O2. The van der Waals surface area contributed by atoms with Crippen LogP contribution in [0.2, 0.25) is 0 Å². The van der Waals surface area contributed by atoms with Crippen LogP contribution in [-0.4, -0.2) is 67.3 Å². The minimum Gasteiger partial charge on any atom is -0.342 e. The summed E-state index contributed by atoms with van der Waals surface area (Å²) in [5.74, 6) is 2.10. The van der Waals surface area contributed by atoms with E-state index in [1.807, 2.05) is 29.8 Å². The van der Waals surface area contributed by atoms with E-state index >= 15 is 0 Å². The molecule has 2 aliphatic rings. The first-order chi connectivity index (χ1) is 15.5. The maximum atomic E-state index is 12.8. The van der Waals surface area contributed by atoms with Crippen LogP contribution in [0, 0.1) is 13.8 Å². The molecule has 32 heavy (non-hydrogen) atoms. The number of hydrogen-bond acceptors (Lipinski definition) is 5. The molecule has 0 aliphatic carbocycles. The fraction of sp³-hybridized carbons (Fsp3) is 0.625. The van der Waals surface area contributed by atoms with Crippen molar-refractivity contribution in [2.45, 2.75) is 71.3 Å². The highest BCUT2D eigenvalue weighted by Gasteiger charge is 2.28. The molecule has 0 spiro atoms. The Morgan fingerprint density at radius 2 is 1.81 bits per heavy atom. The molecule has 1 atom stereocenters. The van der Waals surface area contributed by atoms with Crippen LogP contribution in [-0.2, 0) is 11.3 Å². The molecule has 2 fully saturated rings. The Bertz CT molecular complexity index is 950. The van der Waals surface area contributed by atoms with Crippen LogP contribution < -0.4 is 0 Å². The molecule has 172 valence electrons. The Hall–Kier alpha value is -2.77. The topological polar surface area (TPSA) is 84.2 Å². The van der Waals surface area contributed by atoms with E-state index in [-0.39, 0.29) is 17.7 Å². The Kier molecular flexibility index (Phi) is 7.17. The van der Waals surface area contributed by atoms with Crippen molar-refractivity contribution in [2.75, 3.05) is 26.2 Å². The number of imidazole rings is 1. The van der Waals surface area contributed by atoms with Gasteiger partial charge in [0.25, 0.3) is 5.91 Å².